The summed E-state index contributed by atoms with van der Waals surface area (Å²) in [6.45, 7) is 11.5. The Balaban J connectivity index is 2.07. The lowest BCUT2D eigenvalue weighted by Gasteiger charge is -2.33. The van der Waals surface area contributed by atoms with Gasteiger partial charge < -0.3 is 0 Å². The first-order valence-corrected chi connectivity index (χ1v) is 11.8. The Hall–Kier alpha value is -1.56. The number of aryl methyl sites for hydroxylation is 3. The maximum Gasteiger partial charge on any atom is 0.0215 e. The van der Waals surface area contributed by atoms with Crippen molar-refractivity contribution >= 4 is 0 Å². The Kier molecular flexibility index (Phi) is 7.02. The molecule has 0 atom stereocenters. The highest BCUT2D eigenvalue weighted by atomic mass is 14.4. The number of benzene rings is 2. The topological polar surface area (TPSA) is 0 Å². The van der Waals surface area contributed by atoms with Crippen LogP contribution < -0.4 is 0 Å². The second-order valence-electron chi connectivity index (χ2n) is 9.23. The molecule has 1 aliphatic carbocycles. The van der Waals surface area contributed by atoms with Crippen molar-refractivity contribution in [2.75, 3.05) is 0 Å². The largest absolute Gasteiger partial charge is 0.0654 e. The van der Waals surface area contributed by atoms with Crippen molar-refractivity contribution in [2.45, 2.75) is 104 Å². The molecule has 0 aliphatic heterocycles. The van der Waals surface area contributed by atoms with Gasteiger partial charge in [0.1, 0.15) is 0 Å². The minimum Gasteiger partial charge on any atom is -0.0654 e. The zero-order valence-corrected chi connectivity index (χ0v) is 19.0. The van der Waals surface area contributed by atoms with E-state index in [1.54, 1.807) is 11.1 Å². The summed E-state index contributed by atoms with van der Waals surface area (Å²) in [6, 6.07) is 12.2. The van der Waals surface area contributed by atoms with Gasteiger partial charge in [0.2, 0.25) is 0 Å². The van der Waals surface area contributed by atoms with Crippen LogP contribution in [0.5, 0.6) is 0 Å². The minimum atomic E-state index is 0.233. The summed E-state index contributed by atoms with van der Waals surface area (Å²) in [5.74, 6) is 0. The quantitative estimate of drug-likeness (QED) is 0.363. The molecule has 0 N–H and O–H groups in total. The Morgan fingerprint density at radius 3 is 1.79 bits per heavy atom. The van der Waals surface area contributed by atoms with Gasteiger partial charge in [-0.2, -0.15) is 0 Å². The van der Waals surface area contributed by atoms with Crippen LogP contribution in [-0.4, -0.2) is 0 Å². The standard InChI is InChI=1S/C28H40/c1-6-8-10-12-16-28(17-13-11-9-7-2)26-18-21(3)14-15-24(26)25-19-22(4)23(5)20-27(25)28/h14-15,18-20H,6-13,16-17H2,1-5H3. The molecule has 0 unspecified atom stereocenters. The summed E-state index contributed by atoms with van der Waals surface area (Å²) in [7, 11) is 0. The van der Waals surface area contributed by atoms with Gasteiger partial charge in [0.15, 0.2) is 0 Å². The fraction of sp³-hybridized carbons (Fsp3) is 0.571. The van der Waals surface area contributed by atoms with Crippen LogP contribution in [0.2, 0.25) is 0 Å². The van der Waals surface area contributed by atoms with Crippen molar-refractivity contribution in [3.63, 3.8) is 0 Å². The van der Waals surface area contributed by atoms with Gasteiger partial charge in [-0.3, -0.25) is 0 Å². The molecule has 2 aromatic rings. The van der Waals surface area contributed by atoms with E-state index in [0.29, 0.717) is 0 Å². The molecule has 0 saturated carbocycles. The zero-order valence-electron chi connectivity index (χ0n) is 19.0. The molecule has 1 aliphatic rings. The predicted octanol–water partition coefficient (Wildman–Crippen LogP) is 8.82. The van der Waals surface area contributed by atoms with E-state index in [-0.39, 0.29) is 5.41 Å². The summed E-state index contributed by atoms with van der Waals surface area (Å²) in [5.41, 5.74) is 10.8. The first-order valence-electron chi connectivity index (χ1n) is 11.8. The van der Waals surface area contributed by atoms with Gasteiger partial charge >= 0.3 is 0 Å². The van der Waals surface area contributed by atoms with Crippen molar-refractivity contribution < 1.29 is 0 Å². The molecule has 0 radical (unpaired) electrons. The van der Waals surface area contributed by atoms with Gasteiger partial charge in [0.25, 0.3) is 0 Å². The van der Waals surface area contributed by atoms with Crippen LogP contribution in [0.4, 0.5) is 0 Å². The Morgan fingerprint density at radius 1 is 0.607 bits per heavy atom. The van der Waals surface area contributed by atoms with Crippen LogP contribution in [0.15, 0.2) is 30.3 Å². The van der Waals surface area contributed by atoms with Gasteiger partial charge in [-0.05, 0) is 67.0 Å². The molecule has 152 valence electrons. The minimum absolute atomic E-state index is 0.233. The van der Waals surface area contributed by atoms with E-state index in [2.05, 4.69) is 65.0 Å². The molecular weight excluding hydrogens is 336 g/mol. The van der Waals surface area contributed by atoms with Gasteiger partial charge in [-0.15, -0.1) is 0 Å². The molecule has 28 heavy (non-hydrogen) atoms. The number of unbranched alkanes of at least 4 members (excludes halogenated alkanes) is 6. The molecule has 0 nitrogen and oxygen atoms in total. The molecule has 0 heteroatoms. The number of hydrogen-bond acceptors (Lipinski definition) is 0. The van der Waals surface area contributed by atoms with Crippen LogP contribution in [0.1, 0.15) is 106 Å². The number of fused-ring (bicyclic) bond motifs is 3. The average Bonchev–Trinajstić information content (AvgIpc) is 2.92. The third-order valence-electron chi connectivity index (χ3n) is 7.04. The first-order chi connectivity index (χ1) is 13.5. The average molecular weight is 377 g/mol. The van der Waals surface area contributed by atoms with Crippen molar-refractivity contribution in [3.8, 4) is 11.1 Å². The summed E-state index contributed by atoms with van der Waals surface area (Å²) < 4.78 is 0. The highest BCUT2D eigenvalue weighted by molar-refractivity contribution is 5.82. The van der Waals surface area contributed by atoms with E-state index in [9.17, 15) is 0 Å². The lowest BCUT2D eigenvalue weighted by atomic mass is 9.70. The molecule has 0 spiro atoms. The fourth-order valence-electron chi connectivity index (χ4n) is 5.24. The molecule has 0 fully saturated rings. The van der Waals surface area contributed by atoms with E-state index in [1.807, 2.05) is 0 Å². The van der Waals surface area contributed by atoms with Gasteiger partial charge in [0, 0.05) is 5.41 Å². The summed E-state index contributed by atoms with van der Waals surface area (Å²) in [5, 5.41) is 0. The second kappa shape index (κ2) is 9.29. The molecule has 0 amide bonds. The number of rotatable bonds is 10. The van der Waals surface area contributed by atoms with Gasteiger partial charge in [0.05, 0.1) is 0 Å². The van der Waals surface area contributed by atoms with E-state index in [0.717, 1.165) is 0 Å². The van der Waals surface area contributed by atoms with E-state index in [1.165, 1.54) is 92.0 Å². The summed E-state index contributed by atoms with van der Waals surface area (Å²) in [6.07, 6.45) is 13.4. The van der Waals surface area contributed by atoms with Crippen LogP contribution >= 0.6 is 0 Å². The van der Waals surface area contributed by atoms with Crippen LogP contribution in [0, 0.1) is 20.8 Å². The molecule has 0 aromatic heterocycles. The van der Waals surface area contributed by atoms with Crippen molar-refractivity contribution in [3.05, 3.63) is 58.1 Å². The molecule has 2 aromatic carbocycles. The highest BCUT2D eigenvalue weighted by Gasteiger charge is 2.42. The summed E-state index contributed by atoms with van der Waals surface area (Å²) in [4.78, 5) is 0. The van der Waals surface area contributed by atoms with Gasteiger partial charge in [-0.1, -0.05) is 101 Å². The van der Waals surface area contributed by atoms with Gasteiger partial charge in [-0.25, -0.2) is 0 Å². The zero-order chi connectivity index (χ0) is 20.1. The molecule has 0 saturated heterocycles. The lowest BCUT2D eigenvalue weighted by molar-refractivity contribution is 0.400. The van der Waals surface area contributed by atoms with Crippen LogP contribution in [0.3, 0.4) is 0 Å². The normalized spacial score (nSPS) is 14.2. The SMILES string of the molecule is CCCCCCC1(CCCCCC)c2cc(C)ccc2-c2cc(C)c(C)cc21. The highest BCUT2D eigenvalue weighted by Crippen LogP contribution is 2.55. The maximum atomic E-state index is 2.54. The monoisotopic (exact) mass is 376 g/mol. The smallest absolute Gasteiger partial charge is 0.0215 e. The fourth-order valence-corrected chi connectivity index (χ4v) is 5.24. The predicted molar refractivity (Wildman–Crippen MR) is 124 cm³/mol. The molecule has 3 rings (SSSR count). The molecule has 0 bridgehead atoms. The van der Waals surface area contributed by atoms with E-state index >= 15 is 0 Å². The molecular formula is C28H40. The Labute approximate surface area is 173 Å². The second-order valence-corrected chi connectivity index (χ2v) is 9.23. The van der Waals surface area contributed by atoms with Crippen molar-refractivity contribution in [1.29, 1.82) is 0 Å². The van der Waals surface area contributed by atoms with Crippen LogP contribution in [0.25, 0.3) is 11.1 Å². The first kappa shape index (κ1) is 21.2. The van der Waals surface area contributed by atoms with Crippen molar-refractivity contribution in [2.24, 2.45) is 0 Å². The maximum absolute atomic E-state index is 2.54. The van der Waals surface area contributed by atoms with E-state index < -0.39 is 0 Å². The van der Waals surface area contributed by atoms with E-state index in [4.69, 9.17) is 0 Å². The third kappa shape index (κ3) is 4.07. The third-order valence-corrected chi connectivity index (χ3v) is 7.04. The Bertz CT molecular complexity index is 784. The van der Waals surface area contributed by atoms with Crippen molar-refractivity contribution in [1.82, 2.24) is 0 Å². The number of hydrogen-bond donors (Lipinski definition) is 0. The van der Waals surface area contributed by atoms with Crippen LogP contribution in [-0.2, 0) is 5.41 Å². The molecule has 0 heterocycles. The Morgan fingerprint density at radius 2 is 1.18 bits per heavy atom. The summed E-state index contributed by atoms with van der Waals surface area (Å²) >= 11 is 0. The lowest BCUT2D eigenvalue weighted by Crippen LogP contribution is -2.26.